The first-order chi connectivity index (χ1) is 9.08. The molecule has 1 amide bonds. The molecule has 1 aromatic carbocycles. The molecule has 0 atom stereocenters. The van der Waals surface area contributed by atoms with Gasteiger partial charge in [0.1, 0.15) is 0 Å². The Labute approximate surface area is 106 Å². The molecule has 1 heterocycles. The van der Waals surface area contributed by atoms with Gasteiger partial charge in [0, 0.05) is 30.4 Å². The Morgan fingerprint density at radius 2 is 1.95 bits per heavy atom. The number of hydrogen-bond donors (Lipinski definition) is 2. The minimum absolute atomic E-state index is 0.263. The maximum absolute atomic E-state index is 12.9. The van der Waals surface area contributed by atoms with Gasteiger partial charge in [0.2, 0.25) is 0 Å². The first kappa shape index (κ1) is 13.1. The standard InChI is InChI=1S/C12H10F3N3O/c13-9-3-7(4-10(14)11(9)15)12(19)17-2-1-8-5-16-6-18-8/h3-6H,1-2H2,(H,16,18)(H,17,19). The molecular weight excluding hydrogens is 259 g/mol. The number of halogens is 3. The summed E-state index contributed by atoms with van der Waals surface area (Å²) < 4.78 is 38.6. The Hall–Kier alpha value is -2.31. The quantitative estimate of drug-likeness (QED) is 0.831. The molecule has 0 radical (unpaired) electrons. The summed E-state index contributed by atoms with van der Waals surface area (Å²) in [6.07, 6.45) is 3.60. The number of H-pyrrole nitrogens is 1. The van der Waals surface area contributed by atoms with Crippen LogP contribution < -0.4 is 5.32 Å². The van der Waals surface area contributed by atoms with E-state index in [1.165, 1.54) is 6.33 Å². The van der Waals surface area contributed by atoms with Crippen molar-refractivity contribution in [1.29, 1.82) is 0 Å². The molecule has 19 heavy (non-hydrogen) atoms. The number of aromatic amines is 1. The molecule has 2 N–H and O–H groups in total. The van der Waals surface area contributed by atoms with Crippen LogP contribution in [-0.4, -0.2) is 22.4 Å². The first-order valence-corrected chi connectivity index (χ1v) is 5.48. The van der Waals surface area contributed by atoms with E-state index in [1.807, 2.05) is 0 Å². The van der Waals surface area contributed by atoms with Gasteiger partial charge in [0.15, 0.2) is 17.5 Å². The molecule has 2 rings (SSSR count). The molecule has 7 heteroatoms. The second-order valence-electron chi connectivity index (χ2n) is 3.84. The van der Waals surface area contributed by atoms with Crippen molar-refractivity contribution in [3.05, 3.63) is 53.4 Å². The molecule has 2 aromatic rings. The van der Waals surface area contributed by atoms with Crippen molar-refractivity contribution in [2.24, 2.45) is 0 Å². The van der Waals surface area contributed by atoms with Crippen LogP contribution in [0.4, 0.5) is 13.2 Å². The van der Waals surface area contributed by atoms with Crippen LogP contribution in [0.5, 0.6) is 0 Å². The molecule has 0 aliphatic heterocycles. The predicted molar refractivity (Wildman–Crippen MR) is 60.9 cm³/mol. The summed E-state index contributed by atoms with van der Waals surface area (Å²) in [5.74, 6) is -5.04. The smallest absolute Gasteiger partial charge is 0.251 e. The van der Waals surface area contributed by atoms with Crippen molar-refractivity contribution in [2.45, 2.75) is 6.42 Å². The highest BCUT2D eigenvalue weighted by atomic mass is 19.2. The van der Waals surface area contributed by atoms with Crippen LogP contribution in [0.15, 0.2) is 24.7 Å². The van der Waals surface area contributed by atoms with E-state index in [0.717, 1.165) is 5.69 Å². The summed E-state index contributed by atoms with van der Waals surface area (Å²) in [5.41, 5.74) is 0.553. The van der Waals surface area contributed by atoms with Crippen LogP contribution in [0, 0.1) is 17.5 Å². The van der Waals surface area contributed by atoms with Gasteiger partial charge in [-0.15, -0.1) is 0 Å². The normalized spacial score (nSPS) is 10.5. The number of aromatic nitrogens is 2. The zero-order valence-corrected chi connectivity index (χ0v) is 9.71. The Morgan fingerprint density at radius 3 is 2.53 bits per heavy atom. The van der Waals surface area contributed by atoms with Crippen molar-refractivity contribution >= 4 is 5.91 Å². The molecule has 0 saturated carbocycles. The largest absolute Gasteiger partial charge is 0.352 e. The predicted octanol–water partition coefficient (Wildman–Crippen LogP) is 1.80. The Morgan fingerprint density at radius 1 is 1.26 bits per heavy atom. The topological polar surface area (TPSA) is 57.8 Å². The minimum atomic E-state index is -1.59. The lowest BCUT2D eigenvalue weighted by Crippen LogP contribution is -2.26. The van der Waals surface area contributed by atoms with Crippen molar-refractivity contribution in [2.75, 3.05) is 6.54 Å². The fraction of sp³-hybridized carbons (Fsp3) is 0.167. The Balaban J connectivity index is 1.96. The van der Waals surface area contributed by atoms with Crippen LogP contribution >= 0.6 is 0 Å². The van der Waals surface area contributed by atoms with Gasteiger partial charge in [-0.25, -0.2) is 18.2 Å². The maximum Gasteiger partial charge on any atom is 0.251 e. The van der Waals surface area contributed by atoms with E-state index in [1.54, 1.807) is 6.20 Å². The maximum atomic E-state index is 12.9. The monoisotopic (exact) mass is 269 g/mol. The van der Waals surface area contributed by atoms with Crippen LogP contribution in [0.2, 0.25) is 0 Å². The van der Waals surface area contributed by atoms with Gasteiger partial charge in [-0.2, -0.15) is 0 Å². The van der Waals surface area contributed by atoms with Crippen molar-refractivity contribution in [1.82, 2.24) is 15.3 Å². The third kappa shape index (κ3) is 3.12. The average molecular weight is 269 g/mol. The lowest BCUT2D eigenvalue weighted by Gasteiger charge is -2.05. The zero-order valence-electron chi connectivity index (χ0n) is 9.71. The summed E-state index contributed by atoms with van der Waals surface area (Å²) in [7, 11) is 0. The molecule has 0 saturated heterocycles. The average Bonchev–Trinajstić information content (AvgIpc) is 2.88. The van der Waals surface area contributed by atoms with Crippen molar-refractivity contribution < 1.29 is 18.0 Å². The number of rotatable bonds is 4. The molecular formula is C12H10F3N3O. The molecule has 0 spiro atoms. The summed E-state index contributed by atoms with van der Waals surface area (Å²) in [4.78, 5) is 18.2. The highest BCUT2D eigenvalue weighted by Crippen LogP contribution is 2.13. The molecule has 100 valence electrons. The van der Waals surface area contributed by atoms with Crippen molar-refractivity contribution in [3.8, 4) is 0 Å². The third-order valence-corrected chi connectivity index (χ3v) is 2.48. The number of imidazole rings is 1. The van der Waals surface area contributed by atoms with E-state index in [9.17, 15) is 18.0 Å². The SMILES string of the molecule is O=C(NCCc1cnc[nH]1)c1cc(F)c(F)c(F)c1. The summed E-state index contributed by atoms with van der Waals surface area (Å²) in [5, 5.41) is 2.47. The lowest BCUT2D eigenvalue weighted by atomic mass is 10.2. The summed E-state index contributed by atoms with van der Waals surface area (Å²) in [6.45, 7) is 0.266. The van der Waals surface area contributed by atoms with E-state index in [-0.39, 0.29) is 12.1 Å². The van der Waals surface area contributed by atoms with E-state index >= 15 is 0 Å². The Kier molecular flexibility index (Phi) is 3.84. The number of nitrogens with one attached hydrogen (secondary N) is 2. The molecule has 0 aliphatic carbocycles. The van der Waals surface area contributed by atoms with Gasteiger partial charge in [-0.1, -0.05) is 0 Å². The van der Waals surface area contributed by atoms with Gasteiger partial charge < -0.3 is 10.3 Å². The number of hydrogen-bond acceptors (Lipinski definition) is 2. The van der Waals surface area contributed by atoms with E-state index in [2.05, 4.69) is 15.3 Å². The van der Waals surface area contributed by atoms with E-state index in [4.69, 9.17) is 0 Å². The van der Waals surface area contributed by atoms with E-state index in [0.29, 0.717) is 18.6 Å². The second kappa shape index (κ2) is 5.55. The molecule has 0 bridgehead atoms. The fourth-order valence-electron chi connectivity index (χ4n) is 1.52. The van der Waals surface area contributed by atoms with Gasteiger partial charge in [-0.3, -0.25) is 4.79 Å². The number of amides is 1. The number of carbonyl (C=O) groups excluding carboxylic acids is 1. The molecule has 1 aromatic heterocycles. The molecule has 4 nitrogen and oxygen atoms in total. The minimum Gasteiger partial charge on any atom is -0.352 e. The van der Waals surface area contributed by atoms with Gasteiger partial charge in [-0.05, 0) is 12.1 Å². The first-order valence-electron chi connectivity index (χ1n) is 5.48. The number of carbonyl (C=O) groups is 1. The van der Waals surface area contributed by atoms with Crippen LogP contribution in [-0.2, 0) is 6.42 Å². The zero-order chi connectivity index (χ0) is 13.8. The van der Waals surface area contributed by atoms with E-state index < -0.39 is 23.4 Å². The summed E-state index contributed by atoms with van der Waals surface area (Å²) in [6, 6.07) is 1.31. The van der Waals surface area contributed by atoms with Crippen LogP contribution in [0.3, 0.4) is 0 Å². The van der Waals surface area contributed by atoms with Crippen LogP contribution in [0.25, 0.3) is 0 Å². The third-order valence-electron chi connectivity index (χ3n) is 2.48. The molecule has 0 aliphatic rings. The molecule has 0 unspecified atom stereocenters. The lowest BCUT2D eigenvalue weighted by molar-refractivity contribution is 0.0953. The van der Waals surface area contributed by atoms with Crippen molar-refractivity contribution in [3.63, 3.8) is 0 Å². The second-order valence-corrected chi connectivity index (χ2v) is 3.84. The highest BCUT2D eigenvalue weighted by molar-refractivity contribution is 5.94. The molecule has 0 fully saturated rings. The van der Waals surface area contributed by atoms with Gasteiger partial charge in [0.05, 0.1) is 6.33 Å². The highest BCUT2D eigenvalue weighted by Gasteiger charge is 2.14. The Bertz CT molecular complexity index is 561. The van der Waals surface area contributed by atoms with Gasteiger partial charge in [0.25, 0.3) is 5.91 Å². The van der Waals surface area contributed by atoms with Crippen LogP contribution in [0.1, 0.15) is 16.1 Å². The summed E-state index contributed by atoms with van der Waals surface area (Å²) >= 11 is 0. The fourth-order valence-corrected chi connectivity index (χ4v) is 1.52. The number of nitrogens with zero attached hydrogens (tertiary/aromatic N) is 1. The number of benzene rings is 1. The van der Waals surface area contributed by atoms with Gasteiger partial charge >= 0.3 is 0 Å².